The molecule has 0 aliphatic rings. The molecule has 0 saturated heterocycles. The predicted octanol–water partition coefficient (Wildman–Crippen LogP) is -0.351. The van der Waals surface area contributed by atoms with Crippen LogP contribution in [0.3, 0.4) is 0 Å². The number of esters is 1. The van der Waals surface area contributed by atoms with E-state index in [-0.39, 0.29) is 12.5 Å². The summed E-state index contributed by atoms with van der Waals surface area (Å²) in [5, 5.41) is 2.53. The number of amides is 1. The molecule has 5 nitrogen and oxygen atoms in total. The zero-order chi connectivity index (χ0) is 11.4. The Morgan fingerprint density at radius 2 is 2.00 bits per heavy atom. The second kappa shape index (κ2) is 4.95. The van der Waals surface area contributed by atoms with Crippen LogP contribution in [-0.4, -0.2) is 31.6 Å². The van der Waals surface area contributed by atoms with E-state index < -0.39 is 17.4 Å². The fraction of sp³-hybridized carbons (Fsp3) is 0.778. The maximum Gasteiger partial charge on any atom is 0.328 e. The van der Waals surface area contributed by atoms with Crippen molar-refractivity contribution in [2.75, 3.05) is 13.7 Å². The van der Waals surface area contributed by atoms with Crippen molar-refractivity contribution in [3.63, 3.8) is 0 Å². The fourth-order valence-corrected chi connectivity index (χ4v) is 0.720. The Bertz CT molecular complexity index is 226. The standard InChI is InChI=1S/C9H18N2O3/c1-6(7(12)14-4)11-8(13)9(2,3)5-10/h6H,5,10H2,1-4H3,(H,11,13)/t6-/m0/s1. The van der Waals surface area contributed by atoms with Gasteiger partial charge in [0, 0.05) is 6.54 Å². The number of carbonyl (C=O) groups is 2. The minimum Gasteiger partial charge on any atom is -0.467 e. The number of ether oxygens (including phenoxy) is 1. The lowest BCUT2D eigenvalue weighted by atomic mass is 9.92. The average molecular weight is 202 g/mol. The van der Waals surface area contributed by atoms with E-state index in [0.717, 1.165) is 0 Å². The molecule has 82 valence electrons. The molecule has 5 heteroatoms. The molecular weight excluding hydrogens is 184 g/mol. The summed E-state index contributed by atoms with van der Waals surface area (Å²) in [6.07, 6.45) is 0. The van der Waals surface area contributed by atoms with Crippen LogP contribution in [0.25, 0.3) is 0 Å². The van der Waals surface area contributed by atoms with Gasteiger partial charge in [-0.1, -0.05) is 0 Å². The van der Waals surface area contributed by atoms with E-state index in [4.69, 9.17) is 5.73 Å². The number of hydrogen-bond donors (Lipinski definition) is 2. The summed E-state index contributed by atoms with van der Waals surface area (Å²) in [5.41, 5.74) is 4.75. The van der Waals surface area contributed by atoms with Crippen LogP contribution in [0.2, 0.25) is 0 Å². The second-order valence-electron chi connectivity index (χ2n) is 3.81. The van der Waals surface area contributed by atoms with Crippen molar-refractivity contribution in [2.45, 2.75) is 26.8 Å². The maximum atomic E-state index is 11.5. The van der Waals surface area contributed by atoms with Crippen LogP contribution in [0.5, 0.6) is 0 Å². The maximum absolute atomic E-state index is 11.5. The van der Waals surface area contributed by atoms with Crippen LogP contribution in [0, 0.1) is 5.41 Å². The largest absolute Gasteiger partial charge is 0.467 e. The van der Waals surface area contributed by atoms with Gasteiger partial charge in [-0.3, -0.25) is 4.79 Å². The van der Waals surface area contributed by atoms with Crippen LogP contribution in [0.15, 0.2) is 0 Å². The van der Waals surface area contributed by atoms with Gasteiger partial charge in [-0.05, 0) is 20.8 Å². The molecule has 0 aromatic carbocycles. The Labute approximate surface area is 84.0 Å². The van der Waals surface area contributed by atoms with Gasteiger partial charge in [0.1, 0.15) is 6.04 Å². The van der Waals surface area contributed by atoms with Crippen LogP contribution in [0.4, 0.5) is 0 Å². The number of rotatable bonds is 4. The van der Waals surface area contributed by atoms with Gasteiger partial charge < -0.3 is 15.8 Å². The van der Waals surface area contributed by atoms with E-state index >= 15 is 0 Å². The smallest absolute Gasteiger partial charge is 0.328 e. The van der Waals surface area contributed by atoms with Crippen molar-refractivity contribution in [2.24, 2.45) is 11.1 Å². The zero-order valence-electron chi connectivity index (χ0n) is 9.09. The molecule has 0 aromatic heterocycles. The Morgan fingerprint density at radius 3 is 2.36 bits per heavy atom. The van der Waals surface area contributed by atoms with Crippen molar-refractivity contribution < 1.29 is 14.3 Å². The zero-order valence-corrected chi connectivity index (χ0v) is 9.09. The molecule has 0 aromatic rings. The summed E-state index contributed by atoms with van der Waals surface area (Å²) in [7, 11) is 1.28. The van der Waals surface area contributed by atoms with Crippen molar-refractivity contribution in [3.8, 4) is 0 Å². The van der Waals surface area contributed by atoms with E-state index in [9.17, 15) is 9.59 Å². The highest BCUT2D eigenvalue weighted by Crippen LogP contribution is 2.12. The molecule has 1 atom stereocenters. The molecule has 0 saturated carbocycles. The molecule has 0 aliphatic heterocycles. The average Bonchev–Trinajstić information content (AvgIpc) is 2.16. The second-order valence-corrected chi connectivity index (χ2v) is 3.81. The molecule has 0 rings (SSSR count). The summed E-state index contributed by atoms with van der Waals surface area (Å²) in [6, 6.07) is -0.640. The molecule has 0 radical (unpaired) electrons. The van der Waals surface area contributed by atoms with Crippen LogP contribution in [0.1, 0.15) is 20.8 Å². The molecule has 0 spiro atoms. The van der Waals surface area contributed by atoms with Crippen molar-refractivity contribution >= 4 is 11.9 Å². The molecule has 3 N–H and O–H groups in total. The van der Waals surface area contributed by atoms with Gasteiger partial charge in [-0.2, -0.15) is 0 Å². The van der Waals surface area contributed by atoms with Gasteiger partial charge in [0.05, 0.1) is 12.5 Å². The van der Waals surface area contributed by atoms with Crippen LogP contribution < -0.4 is 11.1 Å². The summed E-state index contributed by atoms with van der Waals surface area (Å²) in [5.74, 6) is -0.718. The van der Waals surface area contributed by atoms with E-state index in [2.05, 4.69) is 10.1 Å². The summed E-state index contributed by atoms with van der Waals surface area (Å²) >= 11 is 0. The van der Waals surface area contributed by atoms with Gasteiger partial charge in [0.25, 0.3) is 0 Å². The molecule has 1 amide bonds. The van der Waals surface area contributed by atoms with Crippen molar-refractivity contribution in [1.29, 1.82) is 0 Å². The van der Waals surface area contributed by atoms with E-state index in [1.54, 1.807) is 20.8 Å². The Balaban J connectivity index is 4.26. The molecule has 0 aliphatic carbocycles. The van der Waals surface area contributed by atoms with Gasteiger partial charge in [-0.15, -0.1) is 0 Å². The van der Waals surface area contributed by atoms with E-state index in [0.29, 0.717) is 0 Å². The lowest BCUT2D eigenvalue weighted by Crippen LogP contribution is -2.48. The van der Waals surface area contributed by atoms with Gasteiger partial charge in [0.15, 0.2) is 0 Å². The Morgan fingerprint density at radius 1 is 1.50 bits per heavy atom. The third kappa shape index (κ3) is 3.33. The van der Waals surface area contributed by atoms with Crippen LogP contribution >= 0.6 is 0 Å². The number of nitrogens with two attached hydrogens (primary N) is 1. The summed E-state index contributed by atoms with van der Waals surface area (Å²) in [4.78, 5) is 22.5. The predicted molar refractivity (Wildman–Crippen MR) is 52.5 cm³/mol. The lowest BCUT2D eigenvalue weighted by molar-refractivity contribution is -0.145. The fourth-order valence-electron chi connectivity index (χ4n) is 0.720. The molecule has 0 heterocycles. The highest BCUT2D eigenvalue weighted by molar-refractivity contribution is 5.87. The third-order valence-electron chi connectivity index (χ3n) is 2.03. The first-order valence-electron chi connectivity index (χ1n) is 4.44. The SMILES string of the molecule is COC(=O)[C@H](C)NC(=O)C(C)(C)CN. The number of hydrogen-bond acceptors (Lipinski definition) is 4. The molecule has 14 heavy (non-hydrogen) atoms. The molecule has 0 fully saturated rings. The van der Waals surface area contributed by atoms with Gasteiger partial charge >= 0.3 is 5.97 Å². The minimum absolute atomic E-state index is 0.229. The summed E-state index contributed by atoms with van der Waals surface area (Å²) < 4.78 is 4.47. The highest BCUT2D eigenvalue weighted by Gasteiger charge is 2.28. The van der Waals surface area contributed by atoms with Gasteiger partial charge in [0.2, 0.25) is 5.91 Å². The number of methoxy groups -OCH3 is 1. The normalized spacial score (nSPS) is 13.2. The molecular formula is C9H18N2O3. The van der Waals surface area contributed by atoms with Crippen LogP contribution in [-0.2, 0) is 14.3 Å². The first kappa shape index (κ1) is 12.9. The number of nitrogens with one attached hydrogen (secondary N) is 1. The minimum atomic E-state index is -0.664. The molecule has 0 bridgehead atoms. The highest BCUT2D eigenvalue weighted by atomic mass is 16.5. The first-order valence-corrected chi connectivity index (χ1v) is 4.44. The number of carbonyl (C=O) groups excluding carboxylic acids is 2. The summed E-state index contributed by atoms with van der Waals surface area (Å²) in [6.45, 7) is 5.22. The van der Waals surface area contributed by atoms with E-state index in [1.807, 2.05) is 0 Å². The Hall–Kier alpha value is -1.10. The van der Waals surface area contributed by atoms with Crippen molar-refractivity contribution in [3.05, 3.63) is 0 Å². The first-order chi connectivity index (χ1) is 6.35. The monoisotopic (exact) mass is 202 g/mol. The quantitative estimate of drug-likeness (QED) is 0.610. The lowest BCUT2D eigenvalue weighted by Gasteiger charge is -2.23. The molecule has 0 unspecified atom stereocenters. The Kier molecular flexibility index (Phi) is 4.56. The van der Waals surface area contributed by atoms with Crippen molar-refractivity contribution in [1.82, 2.24) is 5.32 Å². The van der Waals surface area contributed by atoms with E-state index in [1.165, 1.54) is 7.11 Å². The topological polar surface area (TPSA) is 81.4 Å². The third-order valence-corrected chi connectivity index (χ3v) is 2.03. The van der Waals surface area contributed by atoms with Gasteiger partial charge in [-0.25, -0.2) is 4.79 Å².